The van der Waals surface area contributed by atoms with Crippen molar-refractivity contribution >= 4 is 5.91 Å². The number of halogens is 2. The van der Waals surface area contributed by atoms with Crippen molar-refractivity contribution in [3.63, 3.8) is 0 Å². The van der Waals surface area contributed by atoms with E-state index in [4.69, 9.17) is 5.73 Å². The molecule has 1 aromatic rings. The van der Waals surface area contributed by atoms with Crippen molar-refractivity contribution in [1.82, 2.24) is 4.90 Å². The second-order valence-electron chi connectivity index (χ2n) is 5.32. The Morgan fingerprint density at radius 3 is 2.25 bits per heavy atom. The molecule has 1 aromatic carbocycles. The van der Waals surface area contributed by atoms with Crippen molar-refractivity contribution in [2.75, 3.05) is 6.54 Å². The Balaban J connectivity index is 2.16. The molecule has 110 valence electrons. The van der Waals surface area contributed by atoms with Crippen LogP contribution in [0.2, 0.25) is 0 Å². The number of hydrogen-bond acceptors (Lipinski definition) is 2. The molecule has 0 unspecified atom stereocenters. The van der Waals surface area contributed by atoms with Crippen LogP contribution in [0.1, 0.15) is 43.0 Å². The second-order valence-corrected chi connectivity index (χ2v) is 5.32. The molecule has 0 spiro atoms. The third kappa shape index (κ3) is 3.33. The molecule has 0 heterocycles. The summed E-state index contributed by atoms with van der Waals surface area (Å²) >= 11 is 0. The second kappa shape index (κ2) is 6.31. The SMILES string of the molecule is CCN(C(=O)c1cc(F)cc(F)c1)C1CCC(N)CC1. The number of nitrogens with two attached hydrogens (primary N) is 1. The van der Waals surface area contributed by atoms with Gasteiger partial charge in [0.15, 0.2) is 0 Å². The molecule has 1 amide bonds. The van der Waals surface area contributed by atoms with E-state index < -0.39 is 11.6 Å². The van der Waals surface area contributed by atoms with E-state index in [1.165, 1.54) is 0 Å². The summed E-state index contributed by atoms with van der Waals surface area (Å²) in [6.45, 7) is 2.40. The third-order valence-electron chi connectivity index (χ3n) is 3.89. The van der Waals surface area contributed by atoms with Crippen molar-refractivity contribution in [3.8, 4) is 0 Å². The summed E-state index contributed by atoms with van der Waals surface area (Å²) in [4.78, 5) is 14.1. The monoisotopic (exact) mass is 282 g/mol. The van der Waals surface area contributed by atoms with Crippen LogP contribution in [0.25, 0.3) is 0 Å². The third-order valence-corrected chi connectivity index (χ3v) is 3.89. The first-order chi connectivity index (χ1) is 9.51. The van der Waals surface area contributed by atoms with E-state index >= 15 is 0 Å². The molecule has 1 aliphatic carbocycles. The van der Waals surface area contributed by atoms with E-state index in [0.29, 0.717) is 6.54 Å². The van der Waals surface area contributed by atoms with Crippen LogP contribution >= 0.6 is 0 Å². The summed E-state index contributed by atoms with van der Waals surface area (Å²) in [5.74, 6) is -1.77. The molecule has 1 saturated carbocycles. The molecule has 0 radical (unpaired) electrons. The van der Waals surface area contributed by atoms with Crippen LogP contribution in [0, 0.1) is 11.6 Å². The molecule has 3 nitrogen and oxygen atoms in total. The van der Waals surface area contributed by atoms with E-state index in [9.17, 15) is 13.6 Å². The Morgan fingerprint density at radius 1 is 1.20 bits per heavy atom. The number of nitrogens with zero attached hydrogens (tertiary/aromatic N) is 1. The Bertz CT molecular complexity index is 465. The number of hydrogen-bond donors (Lipinski definition) is 1. The van der Waals surface area contributed by atoms with Gasteiger partial charge in [-0.2, -0.15) is 0 Å². The molecule has 0 bridgehead atoms. The van der Waals surface area contributed by atoms with E-state index in [-0.39, 0.29) is 23.6 Å². The Kier molecular flexibility index (Phi) is 4.70. The number of benzene rings is 1. The maximum absolute atomic E-state index is 13.2. The highest BCUT2D eigenvalue weighted by molar-refractivity contribution is 5.94. The van der Waals surface area contributed by atoms with Crippen LogP contribution < -0.4 is 5.73 Å². The van der Waals surface area contributed by atoms with E-state index in [2.05, 4.69) is 0 Å². The Morgan fingerprint density at radius 2 is 1.75 bits per heavy atom. The zero-order chi connectivity index (χ0) is 14.7. The zero-order valence-electron chi connectivity index (χ0n) is 11.6. The highest BCUT2D eigenvalue weighted by Gasteiger charge is 2.27. The lowest BCUT2D eigenvalue weighted by molar-refractivity contribution is 0.0639. The highest BCUT2D eigenvalue weighted by Crippen LogP contribution is 2.24. The van der Waals surface area contributed by atoms with Gasteiger partial charge in [0.05, 0.1) is 0 Å². The minimum Gasteiger partial charge on any atom is -0.336 e. The maximum Gasteiger partial charge on any atom is 0.254 e. The fraction of sp³-hybridized carbons (Fsp3) is 0.533. The molecule has 20 heavy (non-hydrogen) atoms. The zero-order valence-corrected chi connectivity index (χ0v) is 11.6. The van der Waals surface area contributed by atoms with Crippen LogP contribution in [0.3, 0.4) is 0 Å². The van der Waals surface area contributed by atoms with E-state index in [1.807, 2.05) is 6.92 Å². The van der Waals surface area contributed by atoms with E-state index in [0.717, 1.165) is 43.9 Å². The summed E-state index contributed by atoms with van der Waals surface area (Å²) in [5, 5.41) is 0. The van der Waals surface area contributed by atoms with Gasteiger partial charge in [-0.3, -0.25) is 4.79 Å². The molecule has 2 rings (SSSR count). The first-order valence-electron chi connectivity index (χ1n) is 7.04. The van der Waals surface area contributed by atoms with Gasteiger partial charge in [0.1, 0.15) is 11.6 Å². The van der Waals surface area contributed by atoms with E-state index in [1.54, 1.807) is 4.90 Å². The topological polar surface area (TPSA) is 46.3 Å². The molecule has 0 saturated heterocycles. The summed E-state index contributed by atoms with van der Waals surface area (Å²) in [7, 11) is 0. The summed E-state index contributed by atoms with van der Waals surface area (Å²) in [6.07, 6.45) is 3.45. The van der Waals surface area contributed by atoms with Crippen molar-refractivity contribution < 1.29 is 13.6 Å². The fourth-order valence-corrected chi connectivity index (χ4v) is 2.82. The van der Waals surface area contributed by atoms with Gasteiger partial charge in [-0.25, -0.2) is 8.78 Å². The molecule has 0 atom stereocenters. The van der Waals surface area contributed by atoms with Gasteiger partial charge in [0, 0.05) is 30.3 Å². The van der Waals surface area contributed by atoms with Gasteiger partial charge in [0.2, 0.25) is 0 Å². The lowest BCUT2D eigenvalue weighted by Gasteiger charge is -2.35. The highest BCUT2D eigenvalue weighted by atomic mass is 19.1. The number of amides is 1. The van der Waals surface area contributed by atoms with Crippen molar-refractivity contribution in [3.05, 3.63) is 35.4 Å². The molecular formula is C15H20F2N2O. The van der Waals surface area contributed by atoms with Gasteiger partial charge in [-0.05, 0) is 44.7 Å². The van der Waals surface area contributed by atoms with Gasteiger partial charge < -0.3 is 10.6 Å². The molecule has 1 aliphatic rings. The average Bonchev–Trinajstić information content (AvgIpc) is 2.40. The minimum absolute atomic E-state index is 0.0687. The van der Waals surface area contributed by atoms with Crippen LogP contribution in [0.15, 0.2) is 18.2 Å². The number of carbonyl (C=O) groups excluding carboxylic acids is 1. The predicted molar refractivity (Wildman–Crippen MR) is 73.3 cm³/mol. The average molecular weight is 282 g/mol. The molecule has 0 aliphatic heterocycles. The molecule has 5 heteroatoms. The molecular weight excluding hydrogens is 262 g/mol. The summed E-state index contributed by atoms with van der Waals surface area (Å²) in [5.41, 5.74) is 5.93. The smallest absolute Gasteiger partial charge is 0.254 e. The molecule has 0 aromatic heterocycles. The van der Waals surface area contributed by atoms with Crippen LogP contribution in [-0.2, 0) is 0 Å². The largest absolute Gasteiger partial charge is 0.336 e. The fourth-order valence-electron chi connectivity index (χ4n) is 2.82. The van der Waals surface area contributed by atoms with Gasteiger partial charge in [0.25, 0.3) is 5.91 Å². The predicted octanol–water partition coefficient (Wildman–Crippen LogP) is 2.70. The normalized spacial score (nSPS) is 22.6. The van der Waals surface area contributed by atoms with Crippen LogP contribution in [-0.4, -0.2) is 29.4 Å². The first kappa shape index (κ1) is 14.9. The van der Waals surface area contributed by atoms with Gasteiger partial charge >= 0.3 is 0 Å². The standard InChI is InChI=1S/C15H20F2N2O/c1-2-19(14-5-3-13(18)4-6-14)15(20)10-7-11(16)9-12(17)8-10/h7-9,13-14H,2-6,18H2,1H3. The molecule has 2 N–H and O–H groups in total. The van der Waals surface area contributed by atoms with Crippen molar-refractivity contribution in [2.24, 2.45) is 5.73 Å². The van der Waals surface area contributed by atoms with Gasteiger partial charge in [-0.1, -0.05) is 0 Å². The van der Waals surface area contributed by atoms with Crippen LogP contribution in [0.5, 0.6) is 0 Å². The minimum atomic E-state index is -0.727. The van der Waals surface area contributed by atoms with Crippen molar-refractivity contribution in [1.29, 1.82) is 0 Å². The number of carbonyl (C=O) groups is 1. The summed E-state index contributed by atoms with van der Waals surface area (Å²) < 4.78 is 26.4. The lowest BCUT2D eigenvalue weighted by Crippen LogP contribution is -2.44. The first-order valence-corrected chi connectivity index (χ1v) is 7.04. The number of rotatable bonds is 3. The quantitative estimate of drug-likeness (QED) is 0.926. The lowest BCUT2D eigenvalue weighted by atomic mass is 9.90. The van der Waals surface area contributed by atoms with Gasteiger partial charge in [-0.15, -0.1) is 0 Å². The maximum atomic E-state index is 13.2. The van der Waals surface area contributed by atoms with Crippen LogP contribution in [0.4, 0.5) is 8.78 Å². The van der Waals surface area contributed by atoms with Crippen molar-refractivity contribution in [2.45, 2.75) is 44.7 Å². The Labute approximate surface area is 117 Å². The Hall–Kier alpha value is -1.49. The summed E-state index contributed by atoms with van der Waals surface area (Å²) in [6, 6.07) is 3.25. The molecule has 1 fully saturated rings.